The second-order valence-electron chi connectivity index (χ2n) is 4.78. The van der Waals surface area contributed by atoms with Gasteiger partial charge >= 0.3 is 0 Å². The molecule has 1 nitrogen and oxygen atoms in total. The van der Waals surface area contributed by atoms with Gasteiger partial charge in [-0.25, -0.2) is 0 Å². The molecule has 0 N–H and O–H groups in total. The summed E-state index contributed by atoms with van der Waals surface area (Å²) in [6.07, 6.45) is 0.921. The first-order chi connectivity index (χ1) is 7.66. The van der Waals surface area contributed by atoms with Crippen molar-refractivity contribution >= 4 is 17.5 Å². The lowest BCUT2D eigenvalue weighted by atomic mass is 9.95. The number of rotatable bonds is 3. The Morgan fingerprint density at radius 2 is 2.00 bits per heavy atom. The van der Waals surface area contributed by atoms with Crippen LogP contribution in [0.3, 0.4) is 0 Å². The Balaban J connectivity index is 2.02. The van der Waals surface area contributed by atoms with Crippen molar-refractivity contribution in [3.63, 3.8) is 0 Å². The van der Waals surface area contributed by atoms with Crippen molar-refractivity contribution in [1.82, 2.24) is 0 Å². The van der Waals surface area contributed by atoms with E-state index in [0.717, 1.165) is 17.9 Å². The van der Waals surface area contributed by atoms with Crippen LogP contribution in [0.25, 0.3) is 0 Å². The van der Waals surface area contributed by atoms with Crippen molar-refractivity contribution in [2.45, 2.75) is 26.2 Å². The van der Waals surface area contributed by atoms with Gasteiger partial charge < -0.3 is 0 Å². The molecule has 0 saturated carbocycles. The van der Waals surface area contributed by atoms with Crippen LogP contribution < -0.4 is 0 Å². The molecule has 2 rings (SSSR count). The molecule has 1 atom stereocenters. The molecule has 1 fully saturated rings. The normalized spacial score (nSPS) is 20.7. The average Bonchev–Trinajstić information content (AvgIpc) is 2.65. The summed E-state index contributed by atoms with van der Waals surface area (Å²) in [4.78, 5) is 11.5. The maximum absolute atomic E-state index is 11.5. The molecule has 0 aromatic heterocycles. The Morgan fingerprint density at radius 3 is 2.50 bits per heavy atom. The van der Waals surface area contributed by atoms with E-state index >= 15 is 0 Å². The van der Waals surface area contributed by atoms with Crippen molar-refractivity contribution in [3.05, 3.63) is 35.4 Å². The monoisotopic (exact) mass is 234 g/mol. The van der Waals surface area contributed by atoms with Gasteiger partial charge in [0.15, 0.2) is 0 Å². The Hall–Kier alpha value is -0.760. The molecule has 0 amide bonds. The van der Waals surface area contributed by atoms with Crippen LogP contribution in [0, 0.1) is 5.92 Å². The SMILES string of the molecule is CC(C)c1ccc(CC2CSCC2=O)cc1. The largest absolute Gasteiger partial charge is 0.298 e. The summed E-state index contributed by atoms with van der Waals surface area (Å²) in [5, 5.41) is 0. The third kappa shape index (κ3) is 2.67. The van der Waals surface area contributed by atoms with Gasteiger partial charge in [-0.3, -0.25) is 4.79 Å². The van der Waals surface area contributed by atoms with E-state index < -0.39 is 0 Å². The number of hydrogen-bond donors (Lipinski definition) is 0. The van der Waals surface area contributed by atoms with E-state index in [4.69, 9.17) is 0 Å². The second kappa shape index (κ2) is 5.05. The van der Waals surface area contributed by atoms with Crippen LogP contribution in [0.4, 0.5) is 0 Å². The lowest BCUT2D eigenvalue weighted by Gasteiger charge is -2.09. The van der Waals surface area contributed by atoms with E-state index in [1.165, 1.54) is 11.1 Å². The first-order valence-electron chi connectivity index (χ1n) is 5.86. The van der Waals surface area contributed by atoms with Gasteiger partial charge in [0.2, 0.25) is 0 Å². The zero-order valence-electron chi connectivity index (χ0n) is 9.90. The minimum Gasteiger partial charge on any atom is -0.298 e. The van der Waals surface area contributed by atoms with E-state index in [0.29, 0.717) is 11.7 Å². The second-order valence-corrected chi connectivity index (χ2v) is 5.81. The molecular formula is C14H18OS. The quantitative estimate of drug-likeness (QED) is 0.798. The number of benzene rings is 1. The predicted molar refractivity (Wildman–Crippen MR) is 70.1 cm³/mol. The lowest BCUT2D eigenvalue weighted by molar-refractivity contribution is -0.119. The molecular weight excluding hydrogens is 216 g/mol. The number of carbonyl (C=O) groups is 1. The first kappa shape index (κ1) is 11.7. The van der Waals surface area contributed by atoms with Crippen molar-refractivity contribution in [2.75, 3.05) is 11.5 Å². The molecule has 1 aliphatic heterocycles. The van der Waals surface area contributed by atoms with Crippen molar-refractivity contribution in [3.8, 4) is 0 Å². The van der Waals surface area contributed by atoms with E-state index in [2.05, 4.69) is 38.1 Å². The predicted octanol–water partition coefficient (Wildman–Crippen LogP) is 3.28. The smallest absolute Gasteiger partial charge is 0.146 e. The topological polar surface area (TPSA) is 17.1 Å². The van der Waals surface area contributed by atoms with Crippen molar-refractivity contribution in [2.24, 2.45) is 5.92 Å². The highest BCUT2D eigenvalue weighted by atomic mass is 32.2. The molecule has 2 heteroatoms. The highest BCUT2D eigenvalue weighted by molar-refractivity contribution is 8.00. The molecule has 1 unspecified atom stereocenters. The average molecular weight is 234 g/mol. The van der Waals surface area contributed by atoms with Gasteiger partial charge in [-0.05, 0) is 23.5 Å². The zero-order valence-corrected chi connectivity index (χ0v) is 10.7. The van der Waals surface area contributed by atoms with Crippen LogP contribution >= 0.6 is 11.8 Å². The summed E-state index contributed by atoms with van der Waals surface area (Å²) in [6, 6.07) is 8.72. The highest BCUT2D eigenvalue weighted by Crippen LogP contribution is 2.24. The van der Waals surface area contributed by atoms with E-state index in [9.17, 15) is 4.79 Å². The molecule has 0 spiro atoms. The number of thioether (sulfide) groups is 1. The summed E-state index contributed by atoms with van der Waals surface area (Å²) in [5.41, 5.74) is 2.67. The molecule has 16 heavy (non-hydrogen) atoms. The summed E-state index contributed by atoms with van der Waals surface area (Å²) in [6.45, 7) is 4.40. The van der Waals surface area contributed by atoms with Gasteiger partial charge in [-0.1, -0.05) is 38.1 Å². The first-order valence-corrected chi connectivity index (χ1v) is 7.01. The third-order valence-corrected chi connectivity index (χ3v) is 4.27. The molecule has 1 aromatic rings. The highest BCUT2D eigenvalue weighted by Gasteiger charge is 2.24. The molecule has 1 aliphatic rings. The Kier molecular flexibility index (Phi) is 3.70. The van der Waals surface area contributed by atoms with Crippen LogP contribution in [0.1, 0.15) is 30.9 Å². The van der Waals surface area contributed by atoms with E-state index in [1.807, 2.05) is 0 Å². The Morgan fingerprint density at radius 1 is 1.31 bits per heavy atom. The van der Waals surface area contributed by atoms with Gasteiger partial charge in [-0.15, -0.1) is 0 Å². The van der Waals surface area contributed by atoms with Crippen LogP contribution in [0.5, 0.6) is 0 Å². The molecule has 0 aliphatic carbocycles. The molecule has 1 aromatic carbocycles. The van der Waals surface area contributed by atoms with Crippen LogP contribution in [-0.2, 0) is 11.2 Å². The van der Waals surface area contributed by atoms with Gasteiger partial charge in [-0.2, -0.15) is 11.8 Å². The molecule has 86 valence electrons. The van der Waals surface area contributed by atoms with Crippen LogP contribution in [-0.4, -0.2) is 17.3 Å². The number of Topliss-reactive ketones (excluding diaryl/α,β-unsaturated/α-hetero) is 1. The molecule has 1 heterocycles. The summed E-state index contributed by atoms with van der Waals surface area (Å²) in [5.74, 6) is 2.99. The third-order valence-electron chi connectivity index (χ3n) is 3.15. The van der Waals surface area contributed by atoms with Gasteiger partial charge in [0.05, 0.1) is 5.75 Å². The fourth-order valence-corrected chi connectivity index (χ4v) is 3.15. The minimum absolute atomic E-state index is 0.259. The zero-order chi connectivity index (χ0) is 11.5. The Bertz CT molecular complexity index is 367. The Labute approximate surface area is 102 Å². The van der Waals surface area contributed by atoms with Gasteiger partial charge in [0, 0.05) is 11.7 Å². The van der Waals surface area contributed by atoms with Crippen molar-refractivity contribution in [1.29, 1.82) is 0 Å². The number of carbonyl (C=O) groups excluding carboxylic acids is 1. The maximum Gasteiger partial charge on any atom is 0.146 e. The van der Waals surface area contributed by atoms with Gasteiger partial charge in [0.1, 0.15) is 5.78 Å². The molecule has 0 radical (unpaired) electrons. The summed E-state index contributed by atoms with van der Waals surface area (Å²) in [7, 11) is 0. The van der Waals surface area contributed by atoms with E-state index in [-0.39, 0.29) is 5.92 Å². The minimum atomic E-state index is 0.259. The van der Waals surface area contributed by atoms with E-state index in [1.54, 1.807) is 11.8 Å². The maximum atomic E-state index is 11.5. The fourth-order valence-electron chi connectivity index (χ4n) is 2.01. The van der Waals surface area contributed by atoms with Crippen LogP contribution in [0.15, 0.2) is 24.3 Å². The molecule has 0 bridgehead atoms. The number of hydrogen-bond acceptors (Lipinski definition) is 2. The fraction of sp³-hybridized carbons (Fsp3) is 0.500. The summed E-state index contributed by atoms with van der Waals surface area (Å²) < 4.78 is 0. The number of ketones is 1. The summed E-state index contributed by atoms with van der Waals surface area (Å²) >= 11 is 1.77. The lowest BCUT2D eigenvalue weighted by Crippen LogP contribution is -2.13. The standard InChI is InChI=1S/C14H18OS/c1-10(2)12-5-3-11(4-6-12)7-13-8-16-9-14(13)15/h3-6,10,13H,7-9H2,1-2H3. The van der Waals surface area contributed by atoms with Crippen LogP contribution in [0.2, 0.25) is 0 Å². The van der Waals surface area contributed by atoms with Gasteiger partial charge in [0.25, 0.3) is 0 Å². The van der Waals surface area contributed by atoms with Crippen molar-refractivity contribution < 1.29 is 4.79 Å². The molecule has 1 saturated heterocycles.